The molecular weight excluding hydrogens is 211 g/mol. The average molecular weight is 217 g/mol. The van der Waals surface area contributed by atoms with E-state index < -0.39 is 0 Å². The van der Waals surface area contributed by atoms with E-state index in [0.717, 1.165) is 4.70 Å². The van der Waals surface area contributed by atoms with Gasteiger partial charge in [-0.15, -0.1) is 11.3 Å². The summed E-state index contributed by atoms with van der Waals surface area (Å²) in [6.07, 6.45) is 0. The van der Waals surface area contributed by atoms with Crippen LogP contribution < -0.4 is 0 Å². The summed E-state index contributed by atoms with van der Waals surface area (Å²) in [5.74, 6) is -0.368. The molecule has 2 aromatic rings. The molecule has 0 aliphatic rings. The third-order valence-corrected chi connectivity index (χ3v) is 3.03. The summed E-state index contributed by atoms with van der Waals surface area (Å²) in [4.78, 5) is 0. The second-order valence-corrected chi connectivity index (χ2v) is 4.03. The molecule has 0 atom stereocenters. The van der Waals surface area contributed by atoms with Crippen molar-refractivity contribution < 1.29 is 9.50 Å². The smallest absolute Gasteiger partial charge is 0.133 e. The number of fused-ring (bicyclic) bond motifs is 1. The van der Waals surface area contributed by atoms with E-state index in [2.05, 4.69) is 0 Å². The largest absolute Gasteiger partial charge is 0.392 e. The number of hydrogen-bond acceptors (Lipinski definition) is 2. The summed E-state index contributed by atoms with van der Waals surface area (Å²) in [6, 6.07) is 2.96. The maximum atomic E-state index is 13.3. The first-order valence-corrected chi connectivity index (χ1v) is 4.94. The molecule has 0 spiro atoms. The van der Waals surface area contributed by atoms with Crippen LogP contribution in [0.4, 0.5) is 4.39 Å². The van der Waals surface area contributed by atoms with Crippen LogP contribution in [0, 0.1) is 5.82 Å². The molecule has 0 amide bonds. The second kappa shape index (κ2) is 3.25. The first-order valence-electron chi connectivity index (χ1n) is 3.68. The van der Waals surface area contributed by atoms with Gasteiger partial charge in [-0.2, -0.15) is 0 Å². The van der Waals surface area contributed by atoms with E-state index in [0.29, 0.717) is 16.0 Å². The van der Waals surface area contributed by atoms with Crippen molar-refractivity contribution in [1.29, 1.82) is 0 Å². The molecule has 4 heteroatoms. The molecule has 1 aromatic heterocycles. The lowest BCUT2D eigenvalue weighted by atomic mass is 10.2. The third-order valence-electron chi connectivity index (χ3n) is 1.84. The zero-order valence-corrected chi connectivity index (χ0v) is 8.12. The average Bonchev–Trinajstić information content (AvgIpc) is 2.47. The van der Waals surface area contributed by atoms with Crippen LogP contribution in [0.15, 0.2) is 17.5 Å². The highest BCUT2D eigenvalue weighted by atomic mass is 35.5. The SMILES string of the molecule is OCc1csc2cc(Cl)cc(F)c12. The molecule has 2 rings (SSSR count). The first kappa shape index (κ1) is 8.94. The molecule has 1 N–H and O–H groups in total. The molecule has 1 aromatic carbocycles. The Morgan fingerprint density at radius 2 is 2.23 bits per heavy atom. The van der Waals surface area contributed by atoms with E-state index in [9.17, 15) is 4.39 Å². The fourth-order valence-electron chi connectivity index (χ4n) is 1.26. The zero-order chi connectivity index (χ0) is 9.42. The van der Waals surface area contributed by atoms with E-state index >= 15 is 0 Å². The molecule has 0 saturated carbocycles. The summed E-state index contributed by atoms with van der Waals surface area (Å²) < 4.78 is 14.1. The molecule has 0 unspecified atom stereocenters. The Hall–Kier alpha value is -0.640. The molecule has 68 valence electrons. The quantitative estimate of drug-likeness (QED) is 0.776. The summed E-state index contributed by atoms with van der Waals surface area (Å²) in [7, 11) is 0. The van der Waals surface area contributed by atoms with Crippen LogP contribution in [-0.4, -0.2) is 5.11 Å². The zero-order valence-electron chi connectivity index (χ0n) is 6.55. The van der Waals surface area contributed by atoms with Gasteiger partial charge < -0.3 is 5.11 Å². The Morgan fingerprint density at radius 3 is 2.92 bits per heavy atom. The Bertz CT molecular complexity index is 452. The minimum atomic E-state index is -0.368. The molecule has 0 saturated heterocycles. The number of thiophene rings is 1. The van der Waals surface area contributed by atoms with Crippen molar-refractivity contribution in [2.24, 2.45) is 0 Å². The standard InChI is InChI=1S/C9H6ClFOS/c10-6-1-7(11)9-5(3-12)4-13-8(9)2-6/h1-2,4,12H,3H2. The Labute approximate surface area is 83.4 Å². The van der Waals surface area contributed by atoms with Gasteiger partial charge in [0.05, 0.1) is 6.61 Å². The lowest BCUT2D eigenvalue weighted by molar-refractivity contribution is 0.283. The van der Waals surface area contributed by atoms with Crippen molar-refractivity contribution in [1.82, 2.24) is 0 Å². The van der Waals surface area contributed by atoms with Crippen LogP contribution >= 0.6 is 22.9 Å². The van der Waals surface area contributed by atoms with Crippen molar-refractivity contribution in [2.45, 2.75) is 6.61 Å². The van der Waals surface area contributed by atoms with Crippen molar-refractivity contribution in [3.63, 3.8) is 0 Å². The molecule has 0 aliphatic carbocycles. The van der Waals surface area contributed by atoms with Crippen LogP contribution in [0.1, 0.15) is 5.56 Å². The normalized spacial score (nSPS) is 11.0. The van der Waals surface area contributed by atoms with Crippen LogP contribution in [-0.2, 0) is 6.61 Å². The van der Waals surface area contributed by atoms with Gasteiger partial charge in [-0.05, 0) is 23.1 Å². The fraction of sp³-hybridized carbons (Fsp3) is 0.111. The number of benzene rings is 1. The van der Waals surface area contributed by atoms with Gasteiger partial charge >= 0.3 is 0 Å². The van der Waals surface area contributed by atoms with Crippen molar-refractivity contribution in [2.75, 3.05) is 0 Å². The number of halogens is 2. The van der Waals surface area contributed by atoms with Gasteiger partial charge in [0, 0.05) is 15.1 Å². The Kier molecular flexibility index (Phi) is 2.24. The maximum Gasteiger partial charge on any atom is 0.133 e. The van der Waals surface area contributed by atoms with Crippen molar-refractivity contribution in [3.8, 4) is 0 Å². The monoisotopic (exact) mass is 216 g/mol. The van der Waals surface area contributed by atoms with Crippen LogP contribution in [0.5, 0.6) is 0 Å². The van der Waals surface area contributed by atoms with E-state index in [-0.39, 0.29) is 12.4 Å². The van der Waals surface area contributed by atoms with E-state index in [4.69, 9.17) is 16.7 Å². The van der Waals surface area contributed by atoms with Gasteiger partial charge in [-0.1, -0.05) is 11.6 Å². The molecule has 1 nitrogen and oxygen atoms in total. The lowest BCUT2D eigenvalue weighted by Crippen LogP contribution is -1.83. The highest BCUT2D eigenvalue weighted by molar-refractivity contribution is 7.17. The Morgan fingerprint density at radius 1 is 1.46 bits per heavy atom. The summed E-state index contributed by atoms with van der Waals surface area (Å²) in [6.45, 7) is -0.140. The summed E-state index contributed by atoms with van der Waals surface area (Å²) in [5, 5.41) is 11.5. The predicted molar refractivity (Wildman–Crippen MR) is 52.7 cm³/mol. The topological polar surface area (TPSA) is 20.2 Å². The van der Waals surface area contributed by atoms with Gasteiger partial charge in [-0.25, -0.2) is 4.39 Å². The highest BCUT2D eigenvalue weighted by Crippen LogP contribution is 2.31. The van der Waals surface area contributed by atoms with Gasteiger partial charge in [0.25, 0.3) is 0 Å². The van der Waals surface area contributed by atoms with Crippen LogP contribution in [0.3, 0.4) is 0 Å². The molecule has 0 fully saturated rings. The molecule has 0 radical (unpaired) electrons. The molecule has 0 bridgehead atoms. The van der Waals surface area contributed by atoms with Crippen LogP contribution in [0.25, 0.3) is 10.1 Å². The van der Waals surface area contributed by atoms with Crippen molar-refractivity contribution in [3.05, 3.63) is 33.9 Å². The minimum absolute atomic E-state index is 0.140. The second-order valence-electron chi connectivity index (χ2n) is 2.68. The van der Waals surface area contributed by atoms with Gasteiger partial charge in [0.1, 0.15) is 5.82 Å². The third kappa shape index (κ3) is 1.43. The number of rotatable bonds is 1. The molecular formula is C9H6ClFOS. The fourth-order valence-corrected chi connectivity index (χ4v) is 2.54. The van der Waals surface area contributed by atoms with E-state index in [1.807, 2.05) is 0 Å². The number of hydrogen-bond donors (Lipinski definition) is 1. The first-order chi connectivity index (χ1) is 6.22. The lowest BCUT2D eigenvalue weighted by Gasteiger charge is -1.96. The highest BCUT2D eigenvalue weighted by Gasteiger charge is 2.09. The number of aliphatic hydroxyl groups excluding tert-OH is 1. The summed E-state index contributed by atoms with van der Waals surface area (Å²) >= 11 is 7.06. The molecule has 1 heterocycles. The van der Waals surface area contributed by atoms with Gasteiger partial charge in [0.15, 0.2) is 0 Å². The van der Waals surface area contributed by atoms with E-state index in [1.54, 1.807) is 11.4 Å². The number of aliphatic hydroxyl groups is 1. The van der Waals surface area contributed by atoms with Crippen molar-refractivity contribution >= 4 is 33.0 Å². The molecule has 0 aliphatic heterocycles. The van der Waals surface area contributed by atoms with Gasteiger partial charge in [0.2, 0.25) is 0 Å². The van der Waals surface area contributed by atoms with E-state index in [1.165, 1.54) is 17.4 Å². The Balaban J connectivity index is 2.82. The van der Waals surface area contributed by atoms with Gasteiger partial charge in [-0.3, -0.25) is 0 Å². The van der Waals surface area contributed by atoms with Crippen LogP contribution in [0.2, 0.25) is 5.02 Å². The maximum absolute atomic E-state index is 13.3. The summed E-state index contributed by atoms with van der Waals surface area (Å²) in [5.41, 5.74) is 0.620. The minimum Gasteiger partial charge on any atom is -0.392 e. The predicted octanol–water partition coefficient (Wildman–Crippen LogP) is 3.19. The molecule has 13 heavy (non-hydrogen) atoms.